The van der Waals surface area contributed by atoms with Gasteiger partial charge in [-0.3, -0.25) is 4.79 Å². The number of rotatable bonds is 4. The Balaban J connectivity index is 2.37. The minimum atomic E-state index is -0.108. The van der Waals surface area contributed by atoms with Crippen LogP contribution in [0, 0.1) is 6.92 Å². The molecule has 0 aliphatic rings. The smallest absolute Gasteiger partial charge is 0.253 e. The molecule has 0 bridgehead atoms. The van der Waals surface area contributed by atoms with E-state index in [0.29, 0.717) is 23.5 Å². The van der Waals surface area contributed by atoms with E-state index in [1.54, 1.807) is 18.2 Å². The summed E-state index contributed by atoms with van der Waals surface area (Å²) in [4.78, 5) is 12.1. The van der Waals surface area contributed by atoms with E-state index >= 15 is 0 Å². The van der Waals surface area contributed by atoms with Gasteiger partial charge in [0.25, 0.3) is 5.91 Å². The van der Waals surface area contributed by atoms with Crippen LogP contribution in [0.1, 0.15) is 22.8 Å². The summed E-state index contributed by atoms with van der Waals surface area (Å²) in [6, 6.07) is 13.2. The van der Waals surface area contributed by atoms with Gasteiger partial charge in [-0.25, -0.2) is 0 Å². The number of aryl methyl sites for hydroxylation is 1. The summed E-state index contributed by atoms with van der Waals surface area (Å²) in [5.41, 5.74) is 9.81. The molecule has 0 radical (unpaired) electrons. The first-order valence-electron chi connectivity index (χ1n) is 6.62. The van der Waals surface area contributed by atoms with Crippen LogP contribution >= 0.6 is 0 Å². The molecule has 0 aliphatic heterocycles. The Morgan fingerprint density at radius 1 is 1.15 bits per heavy atom. The van der Waals surface area contributed by atoms with E-state index in [4.69, 9.17) is 5.73 Å². The second-order valence-corrected chi connectivity index (χ2v) is 4.60. The number of hydrogen-bond donors (Lipinski definition) is 3. The van der Waals surface area contributed by atoms with E-state index in [2.05, 4.69) is 10.6 Å². The molecule has 0 saturated heterocycles. The molecule has 0 spiro atoms. The van der Waals surface area contributed by atoms with Crippen molar-refractivity contribution in [3.63, 3.8) is 0 Å². The SMILES string of the molecule is CCNC(=O)c1ccc(N)cc1Nc1ccccc1C. The number of nitrogens with one attached hydrogen (secondary N) is 2. The number of carbonyl (C=O) groups excluding carboxylic acids is 1. The van der Waals surface area contributed by atoms with Crippen molar-refractivity contribution in [1.82, 2.24) is 5.32 Å². The van der Waals surface area contributed by atoms with Crippen LogP contribution in [0.25, 0.3) is 0 Å². The third-order valence-electron chi connectivity index (χ3n) is 3.04. The van der Waals surface area contributed by atoms with Crippen molar-refractivity contribution >= 4 is 23.0 Å². The summed E-state index contributed by atoms with van der Waals surface area (Å²) in [6.45, 7) is 4.50. The fourth-order valence-electron chi connectivity index (χ4n) is 1.98. The quantitative estimate of drug-likeness (QED) is 0.747. The molecule has 104 valence electrons. The van der Waals surface area contributed by atoms with Gasteiger partial charge < -0.3 is 16.4 Å². The maximum atomic E-state index is 12.1. The molecule has 0 aliphatic carbocycles. The zero-order chi connectivity index (χ0) is 14.5. The number of anilines is 3. The lowest BCUT2D eigenvalue weighted by atomic mass is 10.1. The summed E-state index contributed by atoms with van der Waals surface area (Å²) in [5, 5.41) is 6.08. The molecule has 1 amide bonds. The molecule has 0 saturated carbocycles. The third kappa shape index (κ3) is 3.09. The van der Waals surface area contributed by atoms with Crippen molar-refractivity contribution in [2.75, 3.05) is 17.6 Å². The number of para-hydroxylation sites is 1. The van der Waals surface area contributed by atoms with Gasteiger partial charge in [0.2, 0.25) is 0 Å². The predicted molar refractivity (Wildman–Crippen MR) is 83.3 cm³/mol. The van der Waals surface area contributed by atoms with Crippen LogP contribution in [-0.4, -0.2) is 12.5 Å². The largest absolute Gasteiger partial charge is 0.399 e. The standard InChI is InChI=1S/C16H19N3O/c1-3-18-16(20)13-9-8-12(17)10-15(13)19-14-7-5-4-6-11(14)2/h4-10,19H,3,17H2,1-2H3,(H,18,20). The Bertz CT molecular complexity index is 623. The summed E-state index contributed by atoms with van der Waals surface area (Å²) < 4.78 is 0. The van der Waals surface area contributed by atoms with Gasteiger partial charge in [-0.05, 0) is 43.7 Å². The number of amides is 1. The average molecular weight is 269 g/mol. The highest BCUT2D eigenvalue weighted by molar-refractivity contribution is 6.01. The van der Waals surface area contributed by atoms with Crippen molar-refractivity contribution in [3.8, 4) is 0 Å². The van der Waals surface area contributed by atoms with Gasteiger partial charge in [0.15, 0.2) is 0 Å². The van der Waals surface area contributed by atoms with Gasteiger partial charge >= 0.3 is 0 Å². The molecule has 4 N–H and O–H groups in total. The van der Waals surface area contributed by atoms with Gasteiger partial charge in [0.05, 0.1) is 11.3 Å². The average Bonchev–Trinajstić information content (AvgIpc) is 2.42. The molecule has 2 rings (SSSR count). The van der Waals surface area contributed by atoms with Crippen LogP contribution in [0.5, 0.6) is 0 Å². The van der Waals surface area contributed by atoms with Crippen molar-refractivity contribution in [2.45, 2.75) is 13.8 Å². The molecule has 0 unspecified atom stereocenters. The van der Waals surface area contributed by atoms with Gasteiger partial charge in [-0.15, -0.1) is 0 Å². The normalized spacial score (nSPS) is 10.1. The van der Waals surface area contributed by atoms with Crippen LogP contribution in [0.3, 0.4) is 0 Å². The lowest BCUT2D eigenvalue weighted by molar-refractivity contribution is 0.0956. The number of nitrogen functional groups attached to an aromatic ring is 1. The Morgan fingerprint density at radius 2 is 1.90 bits per heavy atom. The van der Waals surface area contributed by atoms with Crippen molar-refractivity contribution in [1.29, 1.82) is 0 Å². The zero-order valence-corrected chi connectivity index (χ0v) is 11.7. The molecule has 0 atom stereocenters. The maximum absolute atomic E-state index is 12.1. The Hall–Kier alpha value is -2.49. The fourth-order valence-corrected chi connectivity index (χ4v) is 1.98. The van der Waals surface area contributed by atoms with E-state index in [0.717, 1.165) is 11.3 Å². The molecule has 0 heterocycles. The first-order valence-corrected chi connectivity index (χ1v) is 6.62. The van der Waals surface area contributed by atoms with E-state index in [1.165, 1.54) is 0 Å². The summed E-state index contributed by atoms with van der Waals surface area (Å²) >= 11 is 0. The fraction of sp³-hybridized carbons (Fsp3) is 0.188. The molecular weight excluding hydrogens is 250 g/mol. The van der Waals surface area contributed by atoms with E-state index in [1.807, 2.05) is 38.1 Å². The molecule has 2 aromatic rings. The topological polar surface area (TPSA) is 67.2 Å². The van der Waals surface area contributed by atoms with Gasteiger partial charge in [0.1, 0.15) is 0 Å². The number of nitrogens with two attached hydrogens (primary N) is 1. The summed E-state index contributed by atoms with van der Waals surface area (Å²) in [5.74, 6) is -0.108. The Kier molecular flexibility index (Phi) is 4.25. The first-order chi connectivity index (χ1) is 9.61. The van der Waals surface area contributed by atoms with Crippen LogP contribution in [0.4, 0.5) is 17.1 Å². The van der Waals surface area contributed by atoms with Gasteiger partial charge in [-0.2, -0.15) is 0 Å². The van der Waals surface area contributed by atoms with Crippen molar-refractivity contribution in [3.05, 3.63) is 53.6 Å². The predicted octanol–water partition coefficient (Wildman–Crippen LogP) is 3.07. The second kappa shape index (κ2) is 6.10. The highest BCUT2D eigenvalue weighted by atomic mass is 16.1. The van der Waals surface area contributed by atoms with E-state index < -0.39 is 0 Å². The van der Waals surface area contributed by atoms with E-state index in [-0.39, 0.29) is 5.91 Å². The summed E-state index contributed by atoms with van der Waals surface area (Å²) in [7, 11) is 0. The first kappa shape index (κ1) is 13.9. The number of carbonyl (C=O) groups is 1. The molecule has 2 aromatic carbocycles. The number of benzene rings is 2. The third-order valence-corrected chi connectivity index (χ3v) is 3.04. The Labute approximate surface area is 119 Å². The van der Waals surface area contributed by atoms with Crippen LogP contribution in [-0.2, 0) is 0 Å². The minimum Gasteiger partial charge on any atom is -0.399 e. The maximum Gasteiger partial charge on any atom is 0.253 e. The van der Waals surface area contributed by atoms with Gasteiger partial charge in [0, 0.05) is 17.9 Å². The molecule has 0 fully saturated rings. The lowest BCUT2D eigenvalue weighted by Crippen LogP contribution is -2.23. The van der Waals surface area contributed by atoms with Crippen LogP contribution in [0.2, 0.25) is 0 Å². The molecule has 4 nitrogen and oxygen atoms in total. The zero-order valence-electron chi connectivity index (χ0n) is 11.7. The van der Waals surface area contributed by atoms with Gasteiger partial charge in [-0.1, -0.05) is 18.2 Å². The van der Waals surface area contributed by atoms with Crippen LogP contribution < -0.4 is 16.4 Å². The molecule has 0 aromatic heterocycles. The monoisotopic (exact) mass is 269 g/mol. The van der Waals surface area contributed by atoms with E-state index in [9.17, 15) is 4.79 Å². The molecule has 4 heteroatoms. The molecule has 20 heavy (non-hydrogen) atoms. The highest BCUT2D eigenvalue weighted by Crippen LogP contribution is 2.25. The van der Waals surface area contributed by atoms with Crippen molar-refractivity contribution in [2.24, 2.45) is 0 Å². The van der Waals surface area contributed by atoms with Crippen LogP contribution in [0.15, 0.2) is 42.5 Å². The molecular formula is C16H19N3O. The number of hydrogen-bond acceptors (Lipinski definition) is 3. The highest BCUT2D eigenvalue weighted by Gasteiger charge is 2.11. The second-order valence-electron chi connectivity index (χ2n) is 4.60. The Morgan fingerprint density at radius 3 is 2.60 bits per heavy atom. The van der Waals surface area contributed by atoms with Crippen molar-refractivity contribution < 1.29 is 4.79 Å². The summed E-state index contributed by atoms with van der Waals surface area (Å²) in [6.07, 6.45) is 0. The minimum absolute atomic E-state index is 0.108. The lowest BCUT2D eigenvalue weighted by Gasteiger charge is -2.14.